The zero-order chi connectivity index (χ0) is 18.8. The number of halogens is 1. The Morgan fingerprint density at radius 3 is 2.68 bits per heavy atom. The fourth-order valence-electron chi connectivity index (χ4n) is 4.36. The van der Waals surface area contributed by atoms with E-state index in [-0.39, 0.29) is 29.5 Å². The predicted octanol–water partition coefficient (Wildman–Crippen LogP) is 2.72. The summed E-state index contributed by atoms with van der Waals surface area (Å²) < 4.78 is 11.6. The van der Waals surface area contributed by atoms with E-state index < -0.39 is 0 Å². The summed E-state index contributed by atoms with van der Waals surface area (Å²) >= 11 is 2.07. The zero-order valence-corrected chi connectivity index (χ0v) is 20.6. The molecule has 0 aromatic rings. The number of nitrogens with zero attached hydrogens (tertiary/aromatic N) is 2. The van der Waals surface area contributed by atoms with Crippen molar-refractivity contribution in [3.8, 4) is 0 Å². The summed E-state index contributed by atoms with van der Waals surface area (Å²) in [5.41, 5.74) is 0.246. The lowest BCUT2D eigenvalue weighted by atomic mass is 9.95. The summed E-state index contributed by atoms with van der Waals surface area (Å²) in [6.07, 6.45) is 9.33. The normalized spacial score (nSPS) is 27.4. The topological polar surface area (TPSA) is 58.1 Å². The maximum absolute atomic E-state index is 6.01. The van der Waals surface area contributed by atoms with E-state index in [0.717, 1.165) is 58.4 Å². The number of ether oxygens (including phenoxy) is 2. The van der Waals surface area contributed by atoms with Gasteiger partial charge in [0, 0.05) is 51.1 Å². The van der Waals surface area contributed by atoms with E-state index in [4.69, 9.17) is 9.47 Å². The molecule has 1 saturated carbocycles. The van der Waals surface area contributed by atoms with Crippen molar-refractivity contribution in [2.45, 2.75) is 56.6 Å². The number of rotatable bonds is 8. The SMILES string of the molecule is CN=C(NCCCOC1CCCCC1)NCC1(N2CCOCC2)CCSC1.I. The van der Waals surface area contributed by atoms with Gasteiger partial charge in [-0.2, -0.15) is 11.8 Å². The van der Waals surface area contributed by atoms with Gasteiger partial charge in [-0.05, 0) is 31.4 Å². The molecule has 1 atom stereocenters. The highest BCUT2D eigenvalue weighted by Gasteiger charge is 2.40. The molecule has 0 radical (unpaired) electrons. The molecule has 0 bridgehead atoms. The molecule has 1 aliphatic carbocycles. The van der Waals surface area contributed by atoms with Crippen LogP contribution in [0.5, 0.6) is 0 Å². The van der Waals surface area contributed by atoms with Gasteiger partial charge in [0.15, 0.2) is 5.96 Å². The molecule has 3 rings (SSSR count). The third-order valence-electron chi connectivity index (χ3n) is 6.09. The van der Waals surface area contributed by atoms with E-state index >= 15 is 0 Å². The van der Waals surface area contributed by atoms with Crippen molar-refractivity contribution in [1.29, 1.82) is 0 Å². The summed E-state index contributed by atoms with van der Waals surface area (Å²) in [6.45, 7) is 6.54. The van der Waals surface area contributed by atoms with Crippen LogP contribution in [-0.2, 0) is 9.47 Å². The van der Waals surface area contributed by atoms with Gasteiger partial charge in [-0.3, -0.25) is 9.89 Å². The number of thioether (sulfide) groups is 1. The molecule has 2 N–H and O–H groups in total. The Kier molecular flexibility index (Phi) is 11.8. The Hall–Kier alpha value is 0.230. The maximum Gasteiger partial charge on any atom is 0.191 e. The van der Waals surface area contributed by atoms with Gasteiger partial charge in [0.2, 0.25) is 0 Å². The van der Waals surface area contributed by atoms with E-state index in [1.54, 1.807) is 0 Å². The first-order valence-electron chi connectivity index (χ1n) is 10.8. The number of hydrogen-bond donors (Lipinski definition) is 2. The van der Waals surface area contributed by atoms with Crippen molar-refractivity contribution < 1.29 is 9.47 Å². The molecular formula is C20H39IN4O2S. The fraction of sp³-hybridized carbons (Fsp3) is 0.950. The fourth-order valence-corrected chi connectivity index (χ4v) is 5.84. The van der Waals surface area contributed by atoms with Crippen LogP contribution in [0.3, 0.4) is 0 Å². The molecule has 2 saturated heterocycles. The number of nitrogens with one attached hydrogen (secondary N) is 2. The monoisotopic (exact) mass is 526 g/mol. The number of hydrogen-bond acceptors (Lipinski definition) is 5. The second kappa shape index (κ2) is 13.5. The van der Waals surface area contributed by atoms with Gasteiger partial charge in [-0.25, -0.2) is 0 Å². The van der Waals surface area contributed by atoms with Gasteiger partial charge in [-0.1, -0.05) is 19.3 Å². The Morgan fingerprint density at radius 1 is 1.21 bits per heavy atom. The molecule has 164 valence electrons. The third kappa shape index (κ3) is 7.49. The smallest absolute Gasteiger partial charge is 0.191 e. The first-order valence-corrected chi connectivity index (χ1v) is 11.9. The summed E-state index contributed by atoms with van der Waals surface area (Å²) in [5, 5.41) is 7.05. The van der Waals surface area contributed by atoms with E-state index in [9.17, 15) is 0 Å². The zero-order valence-electron chi connectivity index (χ0n) is 17.4. The van der Waals surface area contributed by atoms with Crippen LogP contribution >= 0.6 is 35.7 Å². The standard InChI is InChI=1S/C20H38N4O2S.HI/c1-21-19(22-9-5-12-26-18-6-3-2-4-7-18)23-16-20(8-15-27-17-20)24-10-13-25-14-11-24;/h18H,2-17H2,1H3,(H2,21,22,23);1H. The van der Waals surface area contributed by atoms with Crippen molar-refractivity contribution in [3.63, 3.8) is 0 Å². The lowest BCUT2D eigenvalue weighted by Crippen LogP contribution is -2.60. The molecule has 0 spiro atoms. The first kappa shape index (κ1) is 24.5. The van der Waals surface area contributed by atoms with E-state index in [0.29, 0.717) is 6.10 Å². The van der Waals surface area contributed by atoms with Crippen LogP contribution in [0.1, 0.15) is 44.9 Å². The Bertz CT molecular complexity index is 451. The van der Waals surface area contributed by atoms with Gasteiger partial charge in [0.25, 0.3) is 0 Å². The highest BCUT2D eigenvalue weighted by atomic mass is 127. The van der Waals surface area contributed by atoms with Gasteiger partial charge in [0.05, 0.1) is 19.3 Å². The molecule has 0 amide bonds. The molecule has 3 fully saturated rings. The van der Waals surface area contributed by atoms with Crippen LogP contribution in [-0.4, -0.2) is 87.1 Å². The predicted molar refractivity (Wildman–Crippen MR) is 129 cm³/mol. The van der Waals surface area contributed by atoms with Gasteiger partial charge >= 0.3 is 0 Å². The summed E-state index contributed by atoms with van der Waals surface area (Å²) in [5.74, 6) is 3.37. The number of aliphatic imine (C=N–C) groups is 1. The van der Waals surface area contributed by atoms with Gasteiger partial charge < -0.3 is 20.1 Å². The summed E-state index contributed by atoms with van der Waals surface area (Å²) in [4.78, 5) is 7.05. The molecular weight excluding hydrogens is 487 g/mol. The number of morpholine rings is 1. The second-order valence-electron chi connectivity index (χ2n) is 7.96. The minimum Gasteiger partial charge on any atom is -0.379 e. The average molecular weight is 527 g/mol. The Balaban J connectivity index is 0.00000280. The lowest BCUT2D eigenvalue weighted by Gasteiger charge is -2.43. The third-order valence-corrected chi connectivity index (χ3v) is 7.33. The van der Waals surface area contributed by atoms with Crippen molar-refractivity contribution in [2.75, 3.05) is 64.6 Å². The molecule has 6 nitrogen and oxygen atoms in total. The van der Waals surface area contributed by atoms with Gasteiger partial charge in [0.1, 0.15) is 0 Å². The van der Waals surface area contributed by atoms with Crippen LogP contribution in [0.25, 0.3) is 0 Å². The summed E-state index contributed by atoms with van der Waals surface area (Å²) in [7, 11) is 1.86. The summed E-state index contributed by atoms with van der Waals surface area (Å²) in [6, 6.07) is 0. The van der Waals surface area contributed by atoms with Crippen molar-refractivity contribution in [1.82, 2.24) is 15.5 Å². The van der Waals surface area contributed by atoms with Crippen LogP contribution in [0, 0.1) is 0 Å². The molecule has 1 unspecified atom stereocenters. The molecule has 28 heavy (non-hydrogen) atoms. The van der Waals surface area contributed by atoms with Gasteiger partial charge in [-0.15, -0.1) is 24.0 Å². The Morgan fingerprint density at radius 2 is 2.00 bits per heavy atom. The van der Waals surface area contributed by atoms with E-state index in [1.807, 2.05) is 7.05 Å². The highest BCUT2D eigenvalue weighted by Crippen LogP contribution is 2.33. The van der Waals surface area contributed by atoms with Crippen LogP contribution in [0.4, 0.5) is 0 Å². The van der Waals surface area contributed by atoms with E-state index in [2.05, 4.69) is 32.3 Å². The quantitative estimate of drug-likeness (QED) is 0.220. The van der Waals surface area contributed by atoms with Crippen molar-refractivity contribution in [2.24, 2.45) is 4.99 Å². The minimum absolute atomic E-state index is 0. The van der Waals surface area contributed by atoms with Crippen LogP contribution < -0.4 is 10.6 Å². The largest absolute Gasteiger partial charge is 0.379 e. The van der Waals surface area contributed by atoms with Crippen molar-refractivity contribution in [3.05, 3.63) is 0 Å². The van der Waals surface area contributed by atoms with E-state index in [1.165, 1.54) is 50.0 Å². The molecule has 0 aromatic carbocycles. The average Bonchev–Trinajstić information content (AvgIpc) is 3.22. The molecule has 0 aromatic heterocycles. The second-order valence-corrected chi connectivity index (χ2v) is 9.07. The van der Waals surface area contributed by atoms with Crippen LogP contribution in [0.15, 0.2) is 4.99 Å². The molecule has 3 aliphatic rings. The highest BCUT2D eigenvalue weighted by molar-refractivity contribution is 14.0. The molecule has 8 heteroatoms. The molecule has 2 heterocycles. The van der Waals surface area contributed by atoms with Crippen molar-refractivity contribution >= 4 is 41.7 Å². The number of guanidine groups is 1. The maximum atomic E-state index is 6.01. The Labute approximate surface area is 192 Å². The first-order chi connectivity index (χ1) is 13.3. The lowest BCUT2D eigenvalue weighted by molar-refractivity contribution is -0.0120. The minimum atomic E-state index is 0. The van der Waals surface area contributed by atoms with Crippen LogP contribution in [0.2, 0.25) is 0 Å². The molecule has 2 aliphatic heterocycles.